The maximum absolute atomic E-state index is 11.6. The normalized spacial score (nSPS) is 10.6. The van der Waals surface area contributed by atoms with E-state index in [1.807, 2.05) is 31.2 Å². The number of benzene rings is 1. The van der Waals surface area contributed by atoms with Gasteiger partial charge in [-0.05, 0) is 13.0 Å². The SMILES string of the molecule is COCCNc1c(CC(=O)OC)c(C)nc2ccccc12. The molecule has 0 fully saturated rings. The van der Waals surface area contributed by atoms with Crippen LogP contribution in [0.25, 0.3) is 10.9 Å². The molecule has 21 heavy (non-hydrogen) atoms. The highest BCUT2D eigenvalue weighted by atomic mass is 16.5. The Labute approximate surface area is 124 Å². The number of hydrogen-bond donors (Lipinski definition) is 1. The Bertz CT molecular complexity index is 641. The van der Waals surface area contributed by atoms with E-state index in [4.69, 9.17) is 9.47 Å². The van der Waals surface area contributed by atoms with Gasteiger partial charge < -0.3 is 14.8 Å². The molecule has 0 bridgehead atoms. The Kier molecular flexibility index (Phi) is 5.11. The number of rotatable bonds is 6. The summed E-state index contributed by atoms with van der Waals surface area (Å²) >= 11 is 0. The third-order valence-corrected chi connectivity index (χ3v) is 3.36. The standard InChI is InChI=1S/C16H20N2O3/c1-11-13(10-15(19)21-3)16(17-8-9-20-2)12-6-4-5-7-14(12)18-11/h4-7H,8-10H2,1-3H3,(H,17,18). The summed E-state index contributed by atoms with van der Waals surface area (Å²) in [6, 6.07) is 7.87. The lowest BCUT2D eigenvalue weighted by atomic mass is 10.0. The molecule has 2 aromatic rings. The zero-order valence-electron chi connectivity index (χ0n) is 12.6. The van der Waals surface area contributed by atoms with Gasteiger partial charge in [-0.15, -0.1) is 0 Å². The first-order valence-electron chi connectivity index (χ1n) is 6.85. The summed E-state index contributed by atoms with van der Waals surface area (Å²) in [6.45, 7) is 3.16. The zero-order chi connectivity index (χ0) is 15.2. The monoisotopic (exact) mass is 288 g/mol. The van der Waals surface area contributed by atoms with Gasteiger partial charge in [-0.1, -0.05) is 18.2 Å². The number of carbonyl (C=O) groups is 1. The van der Waals surface area contributed by atoms with Crippen LogP contribution < -0.4 is 5.32 Å². The van der Waals surface area contributed by atoms with Crippen molar-refractivity contribution >= 4 is 22.6 Å². The number of fused-ring (bicyclic) bond motifs is 1. The van der Waals surface area contributed by atoms with E-state index in [1.54, 1.807) is 7.11 Å². The first-order chi connectivity index (χ1) is 10.2. The molecule has 0 saturated carbocycles. The van der Waals surface area contributed by atoms with Crippen molar-refractivity contribution in [3.05, 3.63) is 35.5 Å². The van der Waals surface area contributed by atoms with Crippen LogP contribution in [-0.4, -0.2) is 38.3 Å². The average Bonchev–Trinajstić information content (AvgIpc) is 2.50. The average molecular weight is 288 g/mol. The van der Waals surface area contributed by atoms with E-state index >= 15 is 0 Å². The second kappa shape index (κ2) is 7.04. The van der Waals surface area contributed by atoms with Crippen LogP contribution in [0.3, 0.4) is 0 Å². The van der Waals surface area contributed by atoms with Crippen LogP contribution in [0.15, 0.2) is 24.3 Å². The lowest BCUT2D eigenvalue weighted by Crippen LogP contribution is -2.14. The number of carbonyl (C=O) groups excluding carboxylic acids is 1. The molecule has 0 saturated heterocycles. The number of aryl methyl sites for hydroxylation is 1. The van der Waals surface area contributed by atoms with Gasteiger partial charge in [-0.2, -0.15) is 0 Å². The number of methoxy groups -OCH3 is 2. The van der Waals surface area contributed by atoms with Gasteiger partial charge in [0.15, 0.2) is 0 Å². The molecular weight excluding hydrogens is 268 g/mol. The van der Waals surface area contributed by atoms with E-state index in [2.05, 4.69) is 10.3 Å². The fourth-order valence-corrected chi connectivity index (χ4v) is 2.29. The highest BCUT2D eigenvalue weighted by Gasteiger charge is 2.15. The Morgan fingerprint density at radius 2 is 2.05 bits per heavy atom. The molecule has 0 unspecified atom stereocenters. The Morgan fingerprint density at radius 1 is 1.29 bits per heavy atom. The molecule has 2 rings (SSSR count). The van der Waals surface area contributed by atoms with Gasteiger partial charge in [0.2, 0.25) is 0 Å². The molecule has 1 aromatic heterocycles. The molecular formula is C16H20N2O3. The summed E-state index contributed by atoms with van der Waals surface area (Å²) in [4.78, 5) is 16.2. The maximum atomic E-state index is 11.6. The number of esters is 1. The van der Waals surface area contributed by atoms with Crippen molar-refractivity contribution < 1.29 is 14.3 Å². The fraction of sp³-hybridized carbons (Fsp3) is 0.375. The van der Waals surface area contributed by atoms with E-state index < -0.39 is 0 Å². The summed E-state index contributed by atoms with van der Waals surface area (Å²) in [5.41, 5.74) is 3.54. The van der Waals surface area contributed by atoms with Gasteiger partial charge in [-0.3, -0.25) is 9.78 Å². The second-order valence-corrected chi connectivity index (χ2v) is 4.74. The third-order valence-electron chi connectivity index (χ3n) is 3.36. The lowest BCUT2D eigenvalue weighted by Gasteiger charge is -2.16. The van der Waals surface area contributed by atoms with Crippen molar-refractivity contribution in [3.63, 3.8) is 0 Å². The summed E-state index contributed by atoms with van der Waals surface area (Å²) < 4.78 is 9.86. The highest BCUT2D eigenvalue weighted by molar-refractivity contribution is 5.95. The quantitative estimate of drug-likeness (QED) is 0.653. The largest absolute Gasteiger partial charge is 0.469 e. The molecule has 0 atom stereocenters. The van der Waals surface area contributed by atoms with Gasteiger partial charge in [0.25, 0.3) is 0 Å². The van der Waals surface area contributed by atoms with Crippen LogP contribution >= 0.6 is 0 Å². The Hall–Kier alpha value is -2.14. The predicted molar refractivity (Wildman–Crippen MR) is 82.6 cm³/mol. The van der Waals surface area contributed by atoms with Crippen LogP contribution in [0.2, 0.25) is 0 Å². The van der Waals surface area contributed by atoms with Crippen LogP contribution in [-0.2, 0) is 20.7 Å². The molecule has 0 spiro atoms. The van der Waals surface area contributed by atoms with Crippen molar-refractivity contribution in [1.29, 1.82) is 0 Å². The van der Waals surface area contributed by atoms with Crippen molar-refractivity contribution in [3.8, 4) is 0 Å². The van der Waals surface area contributed by atoms with Gasteiger partial charge in [-0.25, -0.2) is 0 Å². The molecule has 0 amide bonds. The molecule has 5 nitrogen and oxygen atoms in total. The van der Waals surface area contributed by atoms with Crippen molar-refractivity contribution in [2.75, 3.05) is 32.7 Å². The fourth-order valence-electron chi connectivity index (χ4n) is 2.29. The molecule has 0 aliphatic carbocycles. The smallest absolute Gasteiger partial charge is 0.310 e. The van der Waals surface area contributed by atoms with E-state index in [9.17, 15) is 4.79 Å². The molecule has 112 valence electrons. The molecule has 1 N–H and O–H groups in total. The first kappa shape index (κ1) is 15.3. The number of pyridine rings is 1. The van der Waals surface area contributed by atoms with Crippen LogP contribution in [0.4, 0.5) is 5.69 Å². The van der Waals surface area contributed by atoms with Crippen LogP contribution in [0, 0.1) is 6.92 Å². The number of para-hydroxylation sites is 1. The number of hydrogen-bond acceptors (Lipinski definition) is 5. The van der Waals surface area contributed by atoms with Crippen LogP contribution in [0.5, 0.6) is 0 Å². The zero-order valence-corrected chi connectivity index (χ0v) is 12.6. The van der Waals surface area contributed by atoms with Gasteiger partial charge in [0.1, 0.15) is 0 Å². The summed E-state index contributed by atoms with van der Waals surface area (Å²) in [5.74, 6) is -0.273. The molecule has 1 heterocycles. The summed E-state index contributed by atoms with van der Waals surface area (Å²) in [6.07, 6.45) is 0.204. The minimum atomic E-state index is -0.273. The lowest BCUT2D eigenvalue weighted by molar-refractivity contribution is -0.139. The molecule has 0 aliphatic rings. The third kappa shape index (κ3) is 3.49. The highest BCUT2D eigenvalue weighted by Crippen LogP contribution is 2.29. The molecule has 5 heteroatoms. The Morgan fingerprint density at radius 3 is 2.76 bits per heavy atom. The van der Waals surface area contributed by atoms with E-state index in [0.29, 0.717) is 13.2 Å². The van der Waals surface area contributed by atoms with Gasteiger partial charge in [0.05, 0.1) is 25.7 Å². The topological polar surface area (TPSA) is 60.5 Å². The summed E-state index contributed by atoms with van der Waals surface area (Å²) in [7, 11) is 3.05. The number of nitrogens with one attached hydrogen (secondary N) is 1. The van der Waals surface area contributed by atoms with Crippen molar-refractivity contribution in [1.82, 2.24) is 4.98 Å². The van der Waals surface area contributed by atoms with Gasteiger partial charge in [0, 0.05) is 36.0 Å². The minimum absolute atomic E-state index is 0.204. The number of anilines is 1. The maximum Gasteiger partial charge on any atom is 0.310 e. The Balaban J connectivity index is 2.49. The molecule has 0 radical (unpaired) electrons. The van der Waals surface area contributed by atoms with E-state index in [1.165, 1.54) is 7.11 Å². The summed E-state index contributed by atoms with van der Waals surface area (Å²) in [5, 5.41) is 4.35. The van der Waals surface area contributed by atoms with Crippen LogP contribution in [0.1, 0.15) is 11.3 Å². The number of aromatic nitrogens is 1. The minimum Gasteiger partial charge on any atom is -0.469 e. The van der Waals surface area contributed by atoms with Gasteiger partial charge >= 0.3 is 5.97 Å². The van der Waals surface area contributed by atoms with E-state index in [-0.39, 0.29) is 12.4 Å². The van der Waals surface area contributed by atoms with Crippen molar-refractivity contribution in [2.45, 2.75) is 13.3 Å². The first-order valence-corrected chi connectivity index (χ1v) is 6.85. The molecule has 0 aliphatic heterocycles. The van der Waals surface area contributed by atoms with E-state index in [0.717, 1.165) is 27.8 Å². The predicted octanol–water partition coefficient (Wildman–Crippen LogP) is 2.32. The number of ether oxygens (including phenoxy) is 2. The second-order valence-electron chi connectivity index (χ2n) is 4.74. The molecule has 1 aromatic carbocycles. The van der Waals surface area contributed by atoms with Crippen molar-refractivity contribution in [2.24, 2.45) is 0 Å². The number of nitrogens with zero attached hydrogens (tertiary/aromatic N) is 1.